The topological polar surface area (TPSA) is 53.2 Å². The number of nitrogens with one attached hydrogen (secondary N) is 3. The van der Waals surface area contributed by atoms with E-state index in [4.69, 9.17) is 12.2 Å². The van der Waals surface area contributed by atoms with Gasteiger partial charge in [0.2, 0.25) is 0 Å². The van der Waals surface area contributed by atoms with Crippen molar-refractivity contribution in [3.63, 3.8) is 0 Å². The van der Waals surface area contributed by atoms with Crippen LogP contribution in [0.1, 0.15) is 31.1 Å². The second kappa shape index (κ2) is 5.92. The van der Waals surface area contributed by atoms with Crippen LogP contribution in [0.4, 0.5) is 8.78 Å². The van der Waals surface area contributed by atoms with Gasteiger partial charge in [-0.3, -0.25) is 15.6 Å². The number of hydrazine groups is 1. The first-order valence-corrected chi connectivity index (χ1v) is 5.93. The summed E-state index contributed by atoms with van der Waals surface area (Å²) in [6, 6.07) is 2.55. The Morgan fingerprint density at radius 1 is 1.11 bits per heavy atom. The first-order chi connectivity index (χ1) is 8.67. The van der Waals surface area contributed by atoms with Crippen molar-refractivity contribution in [2.24, 2.45) is 0 Å². The minimum Gasteiger partial charge on any atom is -0.357 e. The maximum Gasteiger partial charge on any atom is 0.269 e. The Labute approximate surface area is 115 Å². The third-order valence-electron chi connectivity index (χ3n) is 1.90. The molecule has 4 nitrogen and oxygen atoms in total. The number of benzene rings is 1. The average molecular weight is 287 g/mol. The van der Waals surface area contributed by atoms with Gasteiger partial charge in [0.15, 0.2) is 5.11 Å². The molecule has 0 saturated carbocycles. The van der Waals surface area contributed by atoms with Crippen LogP contribution >= 0.6 is 12.2 Å². The smallest absolute Gasteiger partial charge is 0.269 e. The minimum atomic E-state index is -0.819. The van der Waals surface area contributed by atoms with Gasteiger partial charge >= 0.3 is 0 Å². The average Bonchev–Trinajstić information content (AvgIpc) is 2.22. The number of carbonyl (C=O) groups excluding carboxylic acids is 1. The Hall–Kier alpha value is -1.76. The molecule has 0 aromatic heterocycles. The van der Waals surface area contributed by atoms with Gasteiger partial charge < -0.3 is 5.32 Å². The van der Waals surface area contributed by atoms with E-state index in [1.165, 1.54) is 0 Å². The lowest BCUT2D eigenvalue weighted by atomic mass is 10.1. The van der Waals surface area contributed by atoms with E-state index in [1.54, 1.807) is 0 Å². The number of thiocarbonyl (C=S) groups is 1. The molecule has 1 aromatic rings. The van der Waals surface area contributed by atoms with E-state index >= 15 is 0 Å². The third-order valence-corrected chi connectivity index (χ3v) is 2.11. The molecule has 0 aliphatic heterocycles. The number of rotatable bonds is 1. The van der Waals surface area contributed by atoms with Crippen LogP contribution in [-0.4, -0.2) is 16.6 Å². The van der Waals surface area contributed by atoms with E-state index in [0.29, 0.717) is 6.07 Å². The summed E-state index contributed by atoms with van der Waals surface area (Å²) >= 11 is 4.94. The summed E-state index contributed by atoms with van der Waals surface area (Å²) in [7, 11) is 0. The highest BCUT2D eigenvalue weighted by Gasteiger charge is 2.12. The molecule has 0 aliphatic rings. The fourth-order valence-electron chi connectivity index (χ4n) is 1.24. The van der Waals surface area contributed by atoms with Gasteiger partial charge in [0.25, 0.3) is 5.91 Å². The lowest BCUT2D eigenvalue weighted by molar-refractivity contribution is 0.0942. The molecular weight excluding hydrogens is 272 g/mol. The highest BCUT2D eigenvalue weighted by Crippen LogP contribution is 2.07. The number of halogens is 2. The Morgan fingerprint density at radius 3 is 2.11 bits per heavy atom. The third kappa shape index (κ3) is 5.60. The molecule has 0 atom stereocenters. The Morgan fingerprint density at radius 2 is 1.63 bits per heavy atom. The molecule has 1 rings (SSSR count). The summed E-state index contributed by atoms with van der Waals surface area (Å²) < 4.78 is 25.9. The van der Waals surface area contributed by atoms with Gasteiger partial charge in [0.05, 0.1) is 0 Å². The van der Waals surface area contributed by atoms with E-state index < -0.39 is 17.5 Å². The van der Waals surface area contributed by atoms with E-state index in [2.05, 4.69) is 16.2 Å². The molecule has 104 valence electrons. The molecular formula is C12H15F2N3OS. The SMILES string of the molecule is CC(C)(C)NC(=S)NNC(=O)c1cc(F)cc(F)c1. The van der Waals surface area contributed by atoms with Crippen LogP contribution in [0.15, 0.2) is 18.2 Å². The minimum absolute atomic E-state index is 0.136. The summed E-state index contributed by atoms with van der Waals surface area (Å²) in [4.78, 5) is 11.6. The molecule has 0 radical (unpaired) electrons. The maximum atomic E-state index is 12.9. The highest BCUT2D eigenvalue weighted by atomic mass is 32.1. The zero-order valence-corrected chi connectivity index (χ0v) is 11.6. The Kier molecular flexibility index (Phi) is 4.77. The van der Waals surface area contributed by atoms with Gasteiger partial charge in [0, 0.05) is 17.2 Å². The van der Waals surface area contributed by atoms with Crippen molar-refractivity contribution in [2.45, 2.75) is 26.3 Å². The normalized spacial score (nSPS) is 10.8. The standard InChI is InChI=1S/C12H15F2N3OS/c1-12(2,3)15-11(19)17-16-10(18)7-4-8(13)6-9(14)5-7/h4-6H,1-3H3,(H,16,18)(H2,15,17,19). The summed E-state index contributed by atoms with van der Waals surface area (Å²) in [5.74, 6) is -2.32. The highest BCUT2D eigenvalue weighted by molar-refractivity contribution is 7.80. The molecule has 0 unspecified atom stereocenters. The molecule has 0 spiro atoms. The largest absolute Gasteiger partial charge is 0.357 e. The number of carbonyl (C=O) groups is 1. The summed E-state index contributed by atoms with van der Waals surface area (Å²) in [5, 5.41) is 3.11. The van der Waals surface area contributed by atoms with Gasteiger partial charge in [-0.2, -0.15) is 0 Å². The van der Waals surface area contributed by atoms with Gasteiger partial charge in [-0.1, -0.05) is 0 Å². The lowest BCUT2D eigenvalue weighted by Gasteiger charge is -2.23. The van der Waals surface area contributed by atoms with Crippen molar-refractivity contribution in [2.75, 3.05) is 0 Å². The first kappa shape index (κ1) is 15.3. The van der Waals surface area contributed by atoms with Crippen molar-refractivity contribution in [3.05, 3.63) is 35.4 Å². The molecule has 1 amide bonds. The fourth-order valence-corrected chi connectivity index (χ4v) is 1.60. The van der Waals surface area contributed by atoms with Gasteiger partial charge in [-0.15, -0.1) is 0 Å². The van der Waals surface area contributed by atoms with Crippen molar-refractivity contribution in [1.82, 2.24) is 16.2 Å². The molecule has 3 N–H and O–H groups in total. The molecule has 0 saturated heterocycles. The van der Waals surface area contributed by atoms with Crippen LogP contribution in [0.5, 0.6) is 0 Å². The molecule has 0 heterocycles. The van der Waals surface area contributed by atoms with Crippen molar-refractivity contribution in [3.8, 4) is 0 Å². The molecule has 7 heteroatoms. The summed E-state index contributed by atoms with van der Waals surface area (Å²) in [6.07, 6.45) is 0. The van der Waals surface area contributed by atoms with E-state index in [0.717, 1.165) is 12.1 Å². The van der Waals surface area contributed by atoms with Crippen LogP contribution in [0.3, 0.4) is 0 Å². The van der Waals surface area contributed by atoms with Crippen LogP contribution in [0.25, 0.3) is 0 Å². The Bertz CT molecular complexity index is 480. The van der Waals surface area contributed by atoms with Crippen LogP contribution in [0.2, 0.25) is 0 Å². The molecule has 1 aromatic carbocycles. The zero-order chi connectivity index (χ0) is 14.6. The van der Waals surface area contributed by atoms with Crippen molar-refractivity contribution in [1.29, 1.82) is 0 Å². The summed E-state index contributed by atoms with van der Waals surface area (Å²) in [6.45, 7) is 5.68. The number of hydrogen-bond donors (Lipinski definition) is 3. The Balaban J connectivity index is 2.58. The van der Waals surface area contributed by atoms with Gasteiger partial charge in [-0.25, -0.2) is 8.78 Å². The predicted octanol–water partition coefficient (Wildman–Crippen LogP) is 1.87. The van der Waals surface area contributed by atoms with Crippen LogP contribution in [0, 0.1) is 11.6 Å². The maximum absolute atomic E-state index is 12.9. The van der Waals surface area contributed by atoms with Gasteiger partial charge in [-0.05, 0) is 45.1 Å². The summed E-state index contributed by atoms with van der Waals surface area (Å²) in [5.41, 5.74) is 4.30. The number of amides is 1. The molecule has 0 fully saturated rings. The van der Waals surface area contributed by atoms with E-state index in [-0.39, 0.29) is 16.2 Å². The predicted molar refractivity (Wildman–Crippen MR) is 72.4 cm³/mol. The van der Waals surface area contributed by atoms with Gasteiger partial charge in [0.1, 0.15) is 11.6 Å². The first-order valence-electron chi connectivity index (χ1n) is 5.52. The van der Waals surface area contributed by atoms with Crippen LogP contribution < -0.4 is 16.2 Å². The van der Waals surface area contributed by atoms with Crippen LogP contribution in [-0.2, 0) is 0 Å². The number of hydrogen-bond acceptors (Lipinski definition) is 2. The quantitative estimate of drug-likeness (QED) is 0.545. The van der Waals surface area contributed by atoms with E-state index in [9.17, 15) is 13.6 Å². The lowest BCUT2D eigenvalue weighted by Crippen LogP contribution is -2.52. The van der Waals surface area contributed by atoms with Crippen molar-refractivity contribution < 1.29 is 13.6 Å². The fraction of sp³-hybridized carbons (Fsp3) is 0.333. The molecule has 0 bridgehead atoms. The zero-order valence-electron chi connectivity index (χ0n) is 10.8. The van der Waals surface area contributed by atoms with Crippen molar-refractivity contribution >= 4 is 23.2 Å². The molecule has 0 aliphatic carbocycles. The molecule has 19 heavy (non-hydrogen) atoms. The monoisotopic (exact) mass is 287 g/mol. The van der Waals surface area contributed by atoms with E-state index in [1.807, 2.05) is 20.8 Å². The second-order valence-electron chi connectivity index (χ2n) is 4.94. The second-order valence-corrected chi connectivity index (χ2v) is 5.35.